The van der Waals surface area contributed by atoms with E-state index in [4.69, 9.17) is 0 Å². The fourth-order valence-corrected chi connectivity index (χ4v) is 3.70. The third kappa shape index (κ3) is 2.52. The quantitative estimate of drug-likeness (QED) is 0.606. The van der Waals surface area contributed by atoms with Crippen LogP contribution >= 0.6 is 0 Å². The Hall–Kier alpha value is 0. The average Bonchev–Trinajstić information content (AvgIpc) is 2.57. The lowest BCUT2D eigenvalue weighted by Gasteiger charge is -2.14. The van der Waals surface area contributed by atoms with Crippen molar-refractivity contribution < 1.29 is 0 Å². The molecule has 0 amide bonds. The van der Waals surface area contributed by atoms with E-state index in [0.29, 0.717) is 0 Å². The van der Waals surface area contributed by atoms with Crippen molar-refractivity contribution in [1.82, 2.24) is 0 Å². The molecule has 0 aromatic rings. The van der Waals surface area contributed by atoms with Crippen LogP contribution in [0.4, 0.5) is 0 Å². The highest BCUT2D eigenvalue weighted by Crippen LogP contribution is 2.43. The van der Waals surface area contributed by atoms with Gasteiger partial charge in [0.1, 0.15) is 0 Å². The molecule has 2 unspecified atom stereocenters. The molecular weight excluding hydrogens is 168 g/mol. The number of fused-ring (bicyclic) bond motifs is 1. The lowest BCUT2D eigenvalue weighted by atomic mass is 9.92. The van der Waals surface area contributed by atoms with E-state index in [1.807, 2.05) is 0 Å². The summed E-state index contributed by atoms with van der Waals surface area (Å²) in [5.74, 6) is 3.38. The second kappa shape index (κ2) is 5.19. The minimum atomic E-state index is 1.10. The summed E-state index contributed by atoms with van der Waals surface area (Å²) in [6.07, 6.45) is 15.3. The van der Waals surface area contributed by atoms with Crippen LogP contribution in [0.25, 0.3) is 0 Å². The van der Waals surface area contributed by atoms with Gasteiger partial charge >= 0.3 is 0 Å². The number of unbranched alkanes of at least 4 members (excludes halogenated alkanes) is 1. The fourth-order valence-electron chi connectivity index (χ4n) is 3.70. The zero-order valence-corrected chi connectivity index (χ0v) is 9.80. The Bertz CT molecular complexity index is 147. The SMILES string of the molecule is CCCCC1CCC2CCCC2CC1. The zero-order chi connectivity index (χ0) is 9.80. The van der Waals surface area contributed by atoms with Gasteiger partial charge < -0.3 is 0 Å². The molecule has 0 spiro atoms. The molecule has 2 saturated carbocycles. The van der Waals surface area contributed by atoms with E-state index >= 15 is 0 Å². The maximum Gasteiger partial charge on any atom is -0.0386 e. The molecule has 0 radical (unpaired) electrons. The van der Waals surface area contributed by atoms with Crippen molar-refractivity contribution in [1.29, 1.82) is 0 Å². The molecule has 0 aromatic carbocycles. The molecular formula is C14H26. The van der Waals surface area contributed by atoms with Crippen molar-refractivity contribution in [2.75, 3.05) is 0 Å². The molecule has 0 bridgehead atoms. The van der Waals surface area contributed by atoms with Gasteiger partial charge in [0, 0.05) is 0 Å². The molecule has 14 heavy (non-hydrogen) atoms. The predicted molar refractivity (Wildman–Crippen MR) is 62.3 cm³/mol. The van der Waals surface area contributed by atoms with Gasteiger partial charge in [-0.1, -0.05) is 58.3 Å². The van der Waals surface area contributed by atoms with Gasteiger partial charge in [0.05, 0.1) is 0 Å². The summed E-state index contributed by atoms with van der Waals surface area (Å²) in [5, 5.41) is 0. The molecule has 2 fully saturated rings. The van der Waals surface area contributed by atoms with E-state index in [-0.39, 0.29) is 0 Å². The Labute approximate surface area is 89.5 Å². The molecule has 0 aromatic heterocycles. The van der Waals surface area contributed by atoms with Gasteiger partial charge in [-0.15, -0.1) is 0 Å². The Kier molecular flexibility index (Phi) is 3.89. The predicted octanol–water partition coefficient (Wildman–Crippen LogP) is 4.78. The Balaban J connectivity index is 1.77. The van der Waals surface area contributed by atoms with Crippen LogP contribution in [0, 0.1) is 17.8 Å². The van der Waals surface area contributed by atoms with E-state index < -0.39 is 0 Å². The average molecular weight is 194 g/mol. The molecule has 2 aliphatic rings. The van der Waals surface area contributed by atoms with Gasteiger partial charge in [-0.05, 0) is 30.6 Å². The zero-order valence-electron chi connectivity index (χ0n) is 9.80. The van der Waals surface area contributed by atoms with Gasteiger partial charge in [0.2, 0.25) is 0 Å². The highest BCUT2D eigenvalue weighted by Gasteiger charge is 2.30. The van der Waals surface area contributed by atoms with Gasteiger partial charge in [0.25, 0.3) is 0 Å². The van der Waals surface area contributed by atoms with Crippen molar-refractivity contribution in [3.8, 4) is 0 Å². The largest absolute Gasteiger partial charge is 0.0654 e. The summed E-state index contributed by atoms with van der Waals surface area (Å²) < 4.78 is 0. The molecule has 2 aliphatic carbocycles. The summed E-state index contributed by atoms with van der Waals surface area (Å²) in [5.41, 5.74) is 0. The first-order chi connectivity index (χ1) is 6.90. The highest BCUT2D eigenvalue weighted by molar-refractivity contribution is 4.82. The molecule has 0 saturated heterocycles. The van der Waals surface area contributed by atoms with Gasteiger partial charge in [-0.25, -0.2) is 0 Å². The van der Waals surface area contributed by atoms with Gasteiger partial charge in [-0.3, -0.25) is 0 Å². The Morgan fingerprint density at radius 2 is 1.50 bits per heavy atom. The van der Waals surface area contributed by atoms with Gasteiger partial charge in [0.15, 0.2) is 0 Å². The maximum absolute atomic E-state index is 2.32. The molecule has 0 aliphatic heterocycles. The van der Waals surface area contributed by atoms with Crippen LogP contribution in [-0.2, 0) is 0 Å². The van der Waals surface area contributed by atoms with Crippen LogP contribution in [0.2, 0.25) is 0 Å². The Morgan fingerprint density at radius 3 is 2.07 bits per heavy atom. The lowest BCUT2D eigenvalue weighted by Crippen LogP contribution is -2.04. The van der Waals surface area contributed by atoms with Gasteiger partial charge in [-0.2, -0.15) is 0 Å². The van der Waals surface area contributed by atoms with Crippen molar-refractivity contribution in [2.45, 2.75) is 71.1 Å². The van der Waals surface area contributed by atoms with Crippen molar-refractivity contribution in [3.05, 3.63) is 0 Å². The topological polar surface area (TPSA) is 0 Å². The van der Waals surface area contributed by atoms with Crippen molar-refractivity contribution >= 4 is 0 Å². The van der Waals surface area contributed by atoms with E-state index in [0.717, 1.165) is 17.8 Å². The summed E-state index contributed by atoms with van der Waals surface area (Å²) in [6, 6.07) is 0. The molecule has 2 rings (SSSR count). The van der Waals surface area contributed by atoms with Crippen LogP contribution < -0.4 is 0 Å². The lowest BCUT2D eigenvalue weighted by molar-refractivity contribution is 0.367. The monoisotopic (exact) mass is 194 g/mol. The maximum atomic E-state index is 2.32. The first kappa shape index (κ1) is 10.5. The van der Waals surface area contributed by atoms with Crippen LogP contribution in [0.1, 0.15) is 71.1 Å². The first-order valence-electron chi connectivity index (χ1n) is 6.90. The Morgan fingerprint density at radius 1 is 0.857 bits per heavy atom. The highest BCUT2D eigenvalue weighted by atomic mass is 14.4. The van der Waals surface area contributed by atoms with E-state index in [2.05, 4.69) is 6.92 Å². The van der Waals surface area contributed by atoms with Crippen LogP contribution in [-0.4, -0.2) is 0 Å². The van der Waals surface area contributed by atoms with Crippen LogP contribution in [0.3, 0.4) is 0 Å². The number of hydrogen-bond donors (Lipinski definition) is 0. The summed E-state index contributed by atoms with van der Waals surface area (Å²) in [7, 11) is 0. The molecule has 0 nitrogen and oxygen atoms in total. The summed E-state index contributed by atoms with van der Waals surface area (Å²) >= 11 is 0. The molecule has 0 heterocycles. The van der Waals surface area contributed by atoms with Crippen molar-refractivity contribution in [2.24, 2.45) is 17.8 Å². The first-order valence-corrected chi connectivity index (χ1v) is 6.90. The minimum Gasteiger partial charge on any atom is -0.0654 e. The normalized spacial score (nSPS) is 37.9. The fraction of sp³-hybridized carbons (Fsp3) is 1.00. The summed E-state index contributed by atoms with van der Waals surface area (Å²) in [6.45, 7) is 2.32. The van der Waals surface area contributed by atoms with Crippen LogP contribution in [0.5, 0.6) is 0 Å². The molecule has 82 valence electrons. The van der Waals surface area contributed by atoms with Crippen molar-refractivity contribution in [3.63, 3.8) is 0 Å². The third-order valence-corrected chi connectivity index (χ3v) is 4.67. The molecule has 0 N–H and O–H groups in total. The standard InChI is InChI=1S/C14H26/c1-2-3-5-12-8-10-13-6-4-7-14(13)11-9-12/h12-14H,2-11H2,1H3. The van der Waals surface area contributed by atoms with E-state index in [1.165, 1.54) is 25.7 Å². The number of rotatable bonds is 3. The molecule has 2 atom stereocenters. The summed E-state index contributed by atoms with van der Waals surface area (Å²) in [4.78, 5) is 0. The molecule has 0 heteroatoms. The minimum absolute atomic E-state index is 1.10. The smallest absolute Gasteiger partial charge is 0.0386 e. The second-order valence-corrected chi connectivity index (χ2v) is 5.61. The van der Waals surface area contributed by atoms with E-state index in [1.54, 1.807) is 38.5 Å². The second-order valence-electron chi connectivity index (χ2n) is 5.61. The van der Waals surface area contributed by atoms with E-state index in [9.17, 15) is 0 Å². The van der Waals surface area contributed by atoms with Crippen LogP contribution in [0.15, 0.2) is 0 Å². The number of hydrogen-bond acceptors (Lipinski definition) is 0. The third-order valence-electron chi connectivity index (χ3n) is 4.67.